The van der Waals surface area contributed by atoms with E-state index in [4.69, 9.17) is 5.73 Å². The molecule has 0 bridgehead atoms. The van der Waals surface area contributed by atoms with E-state index in [2.05, 4.69) is 10.2 Å². The van der Waals surface area contributed by atoms with Gasteiger partial charge in [-0.2, -0.15) is 0 Å². The molecule has 1 aromatic rings. The van der Waals surface area contributed by atoms with Crippen molar-refractivity contribution < 1.29 is 22.7 Å². The number of carbonyl (C=O) groups excluding carboxylic acids is 1. The molecule has 0 aliphatic heterocycles. The quantitative estimate of drug-likeness (QED) is 0.736. The Bertz CT molecular complexity index is 387. The lowest BCUT2D eigenvalue weighted by Crippen LogP contribution is -2.34. The number of anilines is 1. The molecule has 5 nitrogen and oxygen atoms in total. The number of halogens is 4. The standard InChI is InChI=1S/C8H8F3N3O2.ClH/c9-8(10,11)16-6-3-1-2-5(4-6)13-14-7(12)15;/h1-4,13H,(H3,12,14,15);1H. The SMILES string of the molecule is Cl.NC(=O)NNc1cccc(OC(F)(F)F)c1. The Hall–Kier alpha value is -1.83. The molecule has 4 N–H and O–H groups in total. The smallest absolute Gasteiger partial charge is 0.406 e. The van der Waals surface area contributed by atoms with E-state index in [1.54, 1.807) is 0 Å². The van der Waals surface area contributed by atoms with Crippen LogP contribution in [0, 0.1) is 0 Å². The summed E-state index contributed by atoms with van der Waals surface area (Å²) in [6.45, 7) is 0. The molecule has 0 atom stereocenters. The monoisotopic (exact) mass is 271 g/mol. The zero-order valence-corrected chi connectivity index (χ0v) is 9.06. The van der Waals surface area contributed by atoms with Crippen LogP contribution >= 0.6 is 12.4 Å². The molecule has 9 heteroatoms. The Labute approximate surface area is 100 Å². The first-order chi connectivity index (χ1) is 7.37. The number of hydrogen-bond donors (Lipinski definition) is 3. The number of urea groups is 1. The van der Waals surface area contributed by atoms with Crippen molar-refractivity contribution in [3.8, 4) is 5.75 Å². The Morgan fingerprint density at radius 1 is 1.35 bits per heavy atom. The van der Waals surface area contributed by atoms with Crippen molar-refractivity contribution in [2.45, 2.75) is 6.36 Å². The van der Waals surface area contributed by atoms with E-state index >= 15 is 0 Å². The minimum Gasteiger partial charge on any atom is -0.406 e. The van der Waals surface area contributed by atoms with E-state index in [1.165, 1.54) is 12.1 Å². The number of nitrogens with two attached hydrogens (primary N) is 1. The molecule has 0 aliphatic rings. The van der Waals surface area contributed by atoms with E-state index < -0.39 is 18.1 Å². The summed E-state index contributed by atoms with van der Waals surface area (Å²) < 4.78 is 39.2. The van der Waals surface area contributed by atoms with Crippen molar-refractivity contribution in [1.29, 1.82) is 0 Å². The van der Waals surface area contributed by atoms with Gasteiger partial charge in [-0.3, -0.25) is 10.9 Å². The summed E-state index contributed by atoms with van der Waals surface area (Å²) >= 11 is 0. The summed E-state index contributed by atoms with van der Waals surface area (Å²) in [6.07, 6.45) is -4.75. The van der Waals surface area contributed by atoms with Crippen LogP contribution in [0.1, 0.15) is 0 Å². The van der Waals surface area contributed by atoms with Gasteiger partial charge in [0.15, 0.2) is 0 Å². The van der Waals surface area contributed by atoms with Gasteiger partial charge in [0.25, 0.3) is 0 Å². The highest BCUT2D eigenvalue weighted by atomic mass is 35.5. The van der Waals surface area contributed by atoms with E-state index in [-0.39, 0.29) is 18.1 Å². The second-order valence-electron chi connectivity index (χ2n) is 2.69. The lowest BCUT2D eigenvalue weighted by atomic mass is 10.3. The highest BCUT2D eigenvalue weighted by Crippen LogP contribution is 2.24. The van der Waals surface area contributed by atoms with E-state index in [0.29, 0.717) is 0 Å². The van der Waals surface area contributed by atoms with Gasteiger partial charge in [0.1, 0.15) is 5.75 Å². The third-order valence-electron chi connectivity index (χ3n) is 1.40. The molecular weight excluding hydrogens is 263 g/mol. The van der Waals surface area contributed by atoms with Crippen LogP contribution in [0.4, 0.5) is 23.7 Å². The summed E-state index contributed by atoms with van der Waals surface area (Å²) in [6, 6.07) is 4.08. The highest BCUT2D eigenvalue weighted by molar-refractivity contribution is 5.85. The summed E-state index contributed by atoms with van der Waals surface area (Å²) in [5, 5.41) is 0. The van der Waals surface area contributed by atoms with Gasteiger partial charge in [-0.25, -0.2) is 4.79 Å². The molecule has 0 aromatic heterocycles. The number of ether oxygens (including phenoxy) is 1. The number of carbonyl (C=O) groups is 1. The van der Waals surface area contributed by atoms with Crippen molar-refractivity contribution in [2.75, 3.05) is 5.43 Å². The maximum atomic E-state index is 11.9. The molecule has 0 radical (unpaired) electrons. The zero-order valence-electron chi connectivity index (χ0n) is 8.25. The number of amides is 2. The number of benzene rings is 1. The lowest BCUT2D eigenvalue weighted by Gasteiger charge is -2.10. The number of primary amides is 1. The maximum Gasteiger partial charge on any atom is 0.573 e. The first-order valence-corrected chi connectivity index (χ1v) is 4.04. The van der Waals surface area contributed by atoms with Gasteiger partial charge >= 0.3 is 12.4 Å². The summed E-state index contributed by atoms with van der Waals surface area (Å²) in [7, 11) is 0. The van der Waals surface area contributed by atoms with E-state index in [1.807, 2.05) is 5.43 Å². The molecule has 1 rings (SSSR count). The Kier molecular flexibility index (Phi) is 5.39. The predicted molar refractivity (Wildman–Crippen MR) is 56.7 cm³/mol. The van der Waals surface area contributed by atoms with Gasteiger partial charge in [-0.05, 0) is 12.1 Å². The van der Waals surface area contributed by atoms with Crippen LogP contribution in [0.5, 0.6) is 5.75 Å². The average molecular weight is 272 g/mol. The normalized spacial score (nSPS) is 10.1. The van der Waals surface area contributed by atoms with Crippen LogP contribution in [0.2, 0.25) is 0 Å². The fraction of sp³-hybridized carbons (Fsp3) is 0.125. The first-order valence-electron chi connectivity index (χ1n) is 4.04. The largest absolute Gasteiger partial charge is 0.573 e. The van der Waals surface area contributed by atoms with Crippen LogP contribution in [0.15, 0.2) is 24.3 Å². The third kappa shape index (κ3) is 6.36. The van der Waals surface area contributed by atoms with Gasteiger partial charge in [0.2, 0.25) is 0 Å². The lowest BCUT2D eigenvalue weighted by molar-refractivity contribution is -0.274. The van der Waals surface area contributed by atoms with Crippen LogP contribution in [0.25, 0.3) is 0 Å². The van der Waals surface area contributed by atoms with Crippen LogP contribution < -0.4 is 21.3 Å². The van der Waals surface area contributed by atoms with Crippen LogP contribution in [-0.2, 0) is 0 Å². The Morgan fingerprint density at radius 3 is 2.53 bits per heavy atom. The minimum atomic E-state index is -4.75. The van der Waals surface area contributed by atoms with Gasteiger partial charge in [0.05, 0.1) is 5.69 Å². The van der Waals surface area contributed by atoms with Gasteiger partial charge in [0, 0.05) is 6.07 Å². The zero-order chi connectivity index (χ0) is 12.2. The molecule has 0 fully saturated rings. The number of hydrazine groups is 1. The fourth-order valence-corrected chi connectivity index (χ4v) is 0.905. The molecule has 0 saturated carbocycles. The van der Waals surface area contributed by atoms with Crippen molar-refractivity contribution in [1.82, 2.24) is 5.43 Å². The van der Waals surface area contributed by atoms with Crippen molar-refractivity contribution in [2.24, 2.45) is 5.73 Å². The van der Waals surface area contributed by atoms with Gasteiger partial charge in [-0.15, -0.1) is 25.6 Å². The number of nitrogens with one attached hydrogen (secondary N) is 2. The number of alkyl halides is 3. The summed E-state index contributed by atoms with van der Waals surface area (Å²) in [4.78, 5) is 10.3. The molecule has 0 saturated heterocycles. The number of hydrogen-bond acceptors (Lipinski definition) is 3. The van der Waals surface area contributed by atoms with Gasteiger partial charge < -0.3 is 10.5 Å². The van der Waals surface area contributed by atoms with Crippen LogP contribution in [0.3, 0.4) is 0 Å². The van der Waals surface area contributed by atoms with Crippen molar-refractivity contribution in [3.05, 3.63) is 24.3 Å². The Morgan fingerprint density at radius 2 is 2.00 bits per heavy atom. The highest BCUT2D eigenvalue weighted by Gasteiger charge is 2.31. The topological polar surface area (TPSA) is 76.4 Å². The summed E-state index contributed by atoms with van der Waals surface area (Å²) in [5.74, 6) is -0.399. The maximum absolute atomic E-state index is 11.9. The molecule has 96 valence electrons. The van der Waals surface area contributed by atoms with Gasteiger partial charge in [-0.1, -0.05) is 6.07 Å². The number of rotatable bonds is 3. The second kappa shape index (κ2) is 6.04. The molecule has 0 unspecified atom stereocenters. The molecule has 0 aliphatic carbocycles. The first kappa shape index (κ1) is 15.2. The van der Waals surface area contributed by atoms with Crippen LogP contribution in [-0.4, -0.2) is 12.4 Å². The molecular formula is C8H9ClF3N3O2. The fourth-order valence-electron chi connectivity index (χ4n) is 0.905. The van der Waals surface area contributed by atoms with E-state index in [9.17, 15) is 18.0 Å². The molecule has 0 heterocycles. The van der Waals surface area contributed by atoms with Crippen molar-refractivity contribution >= 4 is 24.1 Å². The molecule has 2 amide bonds. The molecule has 17 heavy (non-hydrogen) atoms. The second-order valence-corrected chi connectivity index (χ2v) is 2.69. The third-order valence-corrected chi connectivity index (χ3v) is 1.40. The minimum absolute atomic E-state index is 0. The molecule has 0 spiro atoms. The van der Waals surface area contributed by atoms with Crippen molar-refractivity contribution in [3.63, 3.8) is 0 Å². The Balaban J connectivity index is 0.00000256. The predicted octanol–water partition coefficient (Wildman–Crippen LogP) is 2.00. The summed E-state index contributed by atoms with van der Waals surface area (Å²) in [5.41, 5.74) is 9.27. The van der Waals surface area contributed by atoms with E-state index in [0.717, 1.165) is 12.1 Å². The average Bonchev–Trinajstić information content (AvgIpc) is 2.12. The molecule has 1 aromatic carbocycles.